The number of aliphatic hydroxyl groups is 2. The predicted molar refractivity (Wildman–Crippen MR) is 65.8 cm³/mol. The van der Waals surface area contributed by atoms with E-state index in [4.69, 9.17) is 4.74 Å². The van der Waals surface area contributed by atoms with E-state index in [9.17, 15) is 14.6 Å². The predicted octanol–water partition coefficient (Wildman–Crippen LogP) is 2.39. The standard InChI is InChI=1S/C14H19FO3/c15-11-6-7-13(10(8-11)9-16)18-14-5-3-1-2-4-12(14)17/h6-8,12,14,16-17H,1-5,9H2. The smallest absolute Gasteiger partial charge is 0.125 e. The molecule has 1 aromatic carbocycles. The summed E-state index contributed by atoms with van der Waals surface area (Å²) in [5, 5.41) is 19.2. The van der Waals surface area contributed by atoms with Crippen LogP contribution in [0.5, 0.6) is 5.75 Å². The summed E-state index contributed by atoms with van der Waals surface area (Å²) in [5.41, 5.74) is 0.423. The molecule has 1 aromatic rings. The van der Waals surface area contributed by atoms with Gasteiger partial charge in [0.05, 0.1) is 12.7 Å². The molecular weight excluding hydrogens is 235 g/mol. The molecule has 1 aliphatic rings. The quantitative estimate of drug-likeness (QED) is 0.814. The van der Waals surface area contributed by atoms with Gasteiger partial charge in [0, 0.05) is 5.56 Å². The highest BCUT2D eigenvalue weighted by Gasteiger charge is 2.24. The van der Waals surface area contributed by atoms with Crippen LogP contribution in [0.1, 0.15) is 37.7 Å². The van der Waals surface area contributed by atoms with Crippen molar-refractivity contribution in [3.63, 3.8) is 0 Å². The van der Waals surface area contributed by atoms with Gasteiger partial charge in [-0.1, -0.05) is 12.8 Å². The van der Waals surface area contributed by atoms with Crippen LogP contribution in [0.2, 0.25) is 0 Å². The molecule has 100 valence electrons. The van der Waals surface area contributed by atoms with E-state index >= 15 is 0 Å². The van der Waals surface area contributed by atoms with Gasteiger partial charge in [-0.15, -0.1) is 0 Å². The second kappa shape index (κ2) is 6.16. The summed E-state index contributed by atoms with van der Waals surface area (Å²) in [6, 6.07) is 4.08. The van der Waals surface area contributed by atoms with Crippen LogP contribution in [-0.2, 0) is 6.61 Å². The number of halogens is 1. The van der Waals surface area contributed by atoms with Gasteiger partial charge in [0.1, 0.15) is 17.7 Å². The lowest BCUT2D eigenvalue weighted by atomic mass is 10.1. The van der Waals surface area contributed by atoms with Crippen LogP contribution in [0.25, 0.3) is 0 Å². The van der Waals surface area contributed by atoms with Crippen LogP contribution in [0, 0.1) is 5.82 Å². The Hall–Kier alpha value is -1.13. The van der Waals surface area contributed by atoms with Gasteiger partial charge in [0.2, 0.25) is 0 Å². The summed E-state index contributed by atoms with van der Waals surface area (Å²) in [6.07, 6.45) is 3.93. The fourth-order valence-corrected chi connectivity index (χ4v) is 2.34. The van der Waals surface area contributed by atoms with E-state index in [1.54, 1.807) is 0 Å². The maximum atomic E-state index is 13.0. The summed E-state index contributed by atoms with van der Waals surface area (Å²) >= 11 is 0. The maximum absolute atomic E-state index is 13.0. The van der Waals surface area contributed by atoms with E-state index in [0.29, 0.717) is 11.3 Å². The zero-order chi connectivity index (χ0) is 13.0. The number of aliphatic hydroxyl groups excluding tert-OH is 2. The molecule has 0 aromatic heterocycles. The maximum Gasteiger partial charge on any atom is 0.125 e. The van der Waals surface area contributed by atoms with Crippen molar-refractivity contribution in [2.75, 3.05) is 0 Å². The van der Waals surface area contributed by atoms with E-state index in [1.165, 1.54) is 18.2 Å². The Morgan fingerprint density at radius 2 is 2.00 bits per heavy atom. The van der Waals surface area contributed by atoms with Crippen molar-refractivity contribution in [3.05, 3.63) is 29.6 Å². The average molecular weight is 254 g/mol. The van der Waals surface area contributed by atoms with Crippen molar-refractivity contribution < 1.29 is 19.3 Å². The van der Waals surface area contributed by atoms with Gasteiger partial charge in [-0.25, -0.2) is 4.39 Å². The Balaban J connectivity index is 2.12. The summed E-state index contributed by atoms with van der Waals surface area (Å²) in [4.78, 5) is 0. The van der Waals surface area contributed by atoms with E-state index in [2.05, 4.69) is 0 Å². The molecule has 1 aliphatic carbocycles. The first-order valence-corrected chi connectivity index (χ1v) is 6.44. The fourth-order valence-electron chi connectivity index (χ4n) is 2.34. The second-order valence-corrected chi connectivity index (χ2v) is 4.77. The first-order valence-electron chi connectivity index (χ1n) is 6.44. The number of rotatable bonds is 3. The van der Waals surface area contributed by atoms with Crippen molar-refractivity contribution in [1.82, 2.24) is 0 Å². The Bertz CT molecular complexity index is 395. The van der Waals surface area contributed by atoms with Gasteiger partial charge < -0.3 is 14.9 Å². The molecule has 0 aliphatic heterocycles. The third kappa shape index (κ3) is 3.21. The molecule has 0 radical (unpaired) electrons. The van der Waals surface area contributed by atoms with E-state index in [0.717, 1.165) is 32.1 Å². The average Bonchev–Trinajstić information content (AvgIpc) is 2.57. The van der Waals surface area contributed by atoms with Crippen LogP contribution in [0.15, 0.2) is 18.2 Å². The van der Waals surface area contributed by atoms with Crippen LogP contribution in [0.4, 0.5) is 4.39 Å². The third-order valence-corrected chi connectivity index (χ3v) is 3.39. The summed E-state index contributed by atoms with van der Waals surface area (Å²) in [7, 11) is 0. The SMILES string of the molecule is OCc1cc(F)ccc1OC1CCCCCC1O. The highest BCUT2D eigenvalue weighted by molar-refractivity contribution is 5.33. The van der Waals surface area contributed by atoms with Crippen molar-refractivity contribution >= 4 is 0 Å². The van der Waals surface area contributed by atoms with Crippen molar-refractivity contribution in [2.24, 2.45) is 0 Å². The fraction of sp³-hybridized carbons (Fsp3) is 0.571. The van der Waals surface area contributed by atoms with Crippen LogP contribution < -0.4 is 4.74 Å². The summed E-state index contributed by atoms with van der Waals surface area (Å²) in [5.74, 6) is 0.0673. The molecule has 2 atom stereocenters. The molecule has 0 amide bonds. The monoisotopic (exact) mass is 254 g/mol. The van der Waals surface area contributed by atoms with Crippen molar-refractivity contribution in [3.8, 4) is 5.75 Å². The highest BCUT2D eigenvalue weighted by Crippen LogP contribution is 2.26. The largest absolute Gasteiger partial charge is 0.487 e. The molecule has 18 heavy (non-hydrogen) atoms. The Morgan fingerprint density at radius 1 is 1.22 bits per heavy atom. The lowest BCUT2D eigenvalue weighted by molar-refractivity contribution is 0.0307. The minimum absolute atomic E-state index is 0.261. The zero-order valence-electron chi connectivity index (χ0n) is 10.3. The van der Waals surface area contributed by atoms with Gasteiger partial charge in [-0.3, -0.25) is 0 Å². The number of benzene rings is 1. The molecule has 2 unspecified atom stereocenters. The Morgan fingerprint density at radius 3 is 2.78 bits per heavy atom. The molecule has 1 saturated carbocycles. The van der Waals surface area contributed by atoms with Gasteiger partial charge in [0.25, 0.3) is 0 Å². The molecule has 0 bridgehead atoms. The molecule has 0 spiro atoms. The summed E-state index contributed by atoms with van der Waals surface area (Å²) < 4.78 is 18.8. The molecular formula is C14H19FO3. The van der Waals surface area contributed by atoms with E-state index in [-0.39, 0.29) is 12.7 Å². The Kier molecular flexibility index (Phi) is 4.55. The third-order valence-electron chi connectivity index (χ3n) is 3.39. The van der Waals surface area contributed by atoms with Crippen molar-refractivity contribution in [1.29, 1.82) is 0 Å². The first kappa shape index (κ1) is 13.3. The molecule has 3 nitrogen and oxygen atoms in total. The van der Waals surface area contributed by atoms with Crippen LogP contribution in [0.3, 0.4) is 0 Å². The molecule has 1 fully saturated rings. The van der Waals surface area contributed by atoms with Gasteiger partial charge >= 0.3 is 0 Å². The lowest BCUT2D eigenvalue weighted by Crippen LogP contribution is -2.30. The summed E-state index contributed by atoms with van der Waals surface area (Å²) in [6.45, 7) is -0.268. The van der Waals surface area contributed by atoms with E-state index < -0.39 is 11.9 Å². The molecule has 2 rings (SSSR count). The minimum Gasteiger partial charge on any atom is -0.487 e. The van der Waals surface area contributed by atoms with Crippen LogP contribution in [-0.4, -0.2) is 22.4 Å². The number of hydrogen-bond donors (Lipinski definition) is 2. The van der Waals surface area contributed by atoms with Crippen LogP contribution >= 0.6 is 0 Å². The van der Waals surface area contributed by atoms with E-state index in [1.807, 2.05) is 0 Å². The molecule has 0 saturated heterocycles. The van der Waals surface area contributed by atoms with Crippen molar-refractivity contribution in [2.45, 2.75) is 50.9 Å². The van der Waals surface area contributed by atoms with Gasteiger partial charge in [-0.05, 0) is 37.5 Å². The number of hydrogen-bond acceptors (Lipinski definition) is 3. The number of ether oxygens (including phenoxy) is 1. The molecule has 4 heteroatoms. The zero-order valence-corrected chi connectivity index (χ0v) is 10.3. The minimum atomic E-state index is -0.482. The molecule has 2 N–H and O–H groups in total. The molecule has 0 heterocycles. The Labute approximate surface area is 106 Å². The normalized spacial score (nSPS) is 24.6. The first-order chi connectivity index (χ1) is 8.70. The topological polar surface area (TPSA) is 49.7 Å². The van der Waals surface area contributed by atoms with Gasteiger partial charge in [-0.2, -0.15) is 0 Å². The second-order valence-electron chi connectivity index (χ2n) is 4.77. The highest BCUT2D eigenvalue weighted by atomic mass is 19.1. The van der Waals surface area contributed by atoms with Gasteiger partial charge in [0.15, 0.2) is 0 Å². The lowest BCUT2D eigenvalue weighted by Gasteiger charge is -2.23.